The number of piperidine rings is 1. The molecule has 9 heteroatoms. The molecule has 4 rings (SSSR count). The Morgan fingerprint density at radius 2 is 1.53 bits per heavy atom. The summed E-state index contributed by atoms with van der Waals surface area (Å²) in [4.78, 5) is 14.3. The average Bonchev–Trinajstić information content (AvgIpc) is 3.62. The predicted octanol–water partition coefficient (Wildman–Crippen LogP) is 4.30. The zero-order valence-corrected chi connectivity index (χ0v) is 18.3. The summed E-state index contributed by atoms with van der Waals surface area (Å²) in [7, 11) is -4.31. The fourth-order valence-electron chi connectivity index (χ4n) is 4.20. The van der Waals surface area contributed by atoms with Gasteiger partial charge in [0.2, 0.25) is 15.9 Å². The van der Waals surface area contributed by atoms with Gasteiger partial charge < -0.3 is 4.90 Å². The van der Waals surface area contributed by atoms with Crippen LogP contribution in [0.3, 0.4) is 0 Å². The van der Waals surface area contributed by atoms with Crippen LogP contribution in [0, 0.1) is 5.92 Å². The number of sulfonamides is 1. The predicted molar refractivity (Wildman–Crippen MR) is 113 cm³/mol. The highest BCUT2D eigenvalue weighted by Gasteiger charge is 2.41. The third-order valence-electron chi connectivity index (χ3n) is 6.08. The molecule has 0 bridgehead atoms. The van der Waals surface area contributed by atoms with E-state index in [4.69, 9.17) is 0 Å². The monoisotopic (exact) mass is 466 g/mol. The number of halogens is 3. The van der Waals surface area contributed by atoms with E-state index in [0.29, 0.717) is 19.4 Å². The van der Waals surface area contributed by atoms with Crippen molar-refractivity contribution in [2.45, 2.75) is 49.3 Å². The van der Waals surface area contributed by atoms with Crippen molar-refractivity contribution in [1.82, 2.24) is 9.21 Å². The highest BCUT2D eigenvalue weighted by atomic mass is 32.2. The fraction of sp³-hybridized carbons (Fsp3) is 0.435. The van der Waals surface area contributed by atoms with Crippen LogP contribution in [0.25, 0.3) is 0 Å². The molecular formula is C23H25F3N2O3S. The molecule has 2 fully saturated rings. The number of carbonyl (C=O) groups excluding carboxylic acids is 1. The minimum Gasteiger partial charge on any atom is -0.335 e. The molecule has 1 saturated carbocycles. The molecule has 1 aliphatic heterocycles. The zero-order chi connectivity index (χ0) is 22.9. The first-order valence-corrected chi connectivity index (χ1v) is 12.1. The summed E-state index contributed by atoms with van der Waals surface area (Å²) in [5.74, 6) is -0.326. The molecule has 172 valence electrons. The molecule has 32 heavy (non-hydrogen) atoms. The first-order valence-electron chi connectivity index (χ1n) is 10.7. The molecule has 5 nitrogen and oxygen atoms in total. The van der Waals surface area contributed by atoms with E-state index in [0.717, 1.165) is 34.8 Å². The van der Waals surface area contributed by atoms with Crippen molar-refractivity contribution in [2.24, 2.45) is 5.92 Å². The van der Waals surface area contributed by atoms with E-state index in [1.165, 1.54) is 12.1 Å². The molecule has 2 aromatic carbocycles. The van der Waals surface area contributed by atoms with E-state index in [1.54, 1.807) is 0 Å². The summed E-state index contributed by atoms with van der Waals surface area (Å²) in [6.07, 6.45) is -2.26. The van der Waals surface area contributed by atoms with Gasteiger partial charge in [0.15, 0.2) is 0 Å². The lowest BCUT2D eigenvalue weighted by Gasteiger charge is -2.34. The molecule has 0 spiro atoms. The lowest BCUT2D eigenvalue weighted by molar-refractivity contribution is -0.140. The Balaban J connectivity index is 1.45. The van der Waals surface area contributed by atoms with E-state index in [2.05, 4.69) is 0 Å². The second kappa shape index (κ2) is 8.86. The summed E-state index contributed by atoms with van der Waals surface area (Å²) >= 11 is 0. The molecule has 0 atom stereocenters. The van der Waals surface area contributed by atoms with Gasteiger partial charge >= 0.3 is 6.18 Å². The quantitative estimate of drug-likeness (QED) is 0.638. The molecule has 2 aliphatic rings. The van der Waals surface area contributed by atoms with Crippen molar-refractivity contribution < 1.29 is 26.4 Å². The number of carbonyl (C=O) groups is 1. The standard InChI is InChI=1S/C23H25F3N2O3S/c24-23(25,26)20-8-4-5-9-21(20)32(30,31)27-14-12-18(13-15-27)22(29)28(19-10-11-19)16-17-6-2-1-3-7-17/h1-9,18-19H,10-16H2. The third-order valence-corrected chi connectivity index (χ3v) is 8.04. The van der Waals surface area contributed by atoms with Gasteiger partial charge in [0.05, 0.1) is 10.5 Å². The molecule has 0 aromatic heterocycles. The summed E-state index contributed by atoms with van der Waals surface area (Å²) in [5, 5.41) is 0. The fourth-order valence-corrected chi connectivity index (χ4v) is 5.88. The highest BCUT2D eigenvalue weighted by Crippen LogP contribution is 2.37. The van der Waals surface area contributed by atoms with Gasteiger partial charge in [0, 0.05) is 31.6 Å². The van der Waals surface area contributed by atoms with Crippen LogP contribution in [-0.4, -0.2) is 42.7 Å². The van der Waals surface area contributed by atoms with E-state index in [1.807, 2.05) is 35.2 Å². The van der Waals surface area contributed by atoms with Crippen LogP contribution < -0.4 is 0 Å². The van der Waals surface area contributed by atoms with Crippen LogP contribution >= 0.6 is 0 Å². The Labute approximate surface area is 185 Å². The maximum Gasteiger partial charge on any atom is 0.417 e. The van der Waals surface area contributed by atoms with Crippen molar-refractivity contribution in [3.8, 4) is 0 Å². The number of hydrogen-bond acceptors (Lipinski definition) is 3. The van der Waals surface area contributed by atoms with Crippen molar-refractivity contribution >= 4 is 15.9 Å². The summed E-state index contributed by atoms with van der Waals surface area (Å²) < 4.78 is 67.0. The van der Waals surface area contributed by atoms with Gasteiger partial charge in [-0.1, -0.05) is 42.5 Å². The van der Waals surface area contributed by atoms with E-state index in [9.17, 15) is 26.4 Å². The van der Waals surface area contributed by atoms with Crippen LogP contribution in [0.15, 0.2) is 59.5 Å². The molecule has 1 aliphatic carbocycles. The smallest absolute Gasteiger partial charge is 0.335 e. The van der Waals surface area contributed by atoms with Crippen LogP contribution in [-0.2, 0) is 27.5 Å². The van der Waals surface area contributed by atoms with Gasteiger partial charge in [-0.25, -0.2) is 8.42 Å². The topological polar surface area (TPSA) is 57.7 Å². The van der Waals surface area contributed by atoms with Crippen molar-refractivity contribution in [3.05, 3.63) is 65.7 Å². The Hall–Kier alpha value is -2.39. The number of amides is 1. The molecule has 1 heterocycles. The molecule has 0 unspecified atom stereocenters. The minimum atomic E-state index is -4.76. The van der Waals surface area contributed by atoms with Crippen LogP contribution in [0.2, 0.25) is 0 Å². The lowest BCUT2D eigenvalue weighted by Crippen LogP contribution is -2.45. The normalized spacial score (nSPS) is 18.5. The second-order valence-electron chi connectivity index (χ2n) is 8.36. The SMILES string of the molecule is O=C(C1CCN(S(=O)(=O)c2ccccc2C(F)(F)F)CC1)N(Cc1ccccc1)C1CC1. The molecule has 2 aromatic rings. The second-order valence-corrected chi connectivity index (χ2v) is 10.3. The average molecular weight is 467 g/mol. The van der Waals surface area contributed by atoms with Gasteiger partial charge in [0.25, 0.3) is 0 Å². The van der Waals surface area contributed by atoms with Crippen molar-refractivity contribution in [1.29, 1.82) is 0 Å². The number of alkyl halides is 3. The van der Waals surface area contributed by atoms with Crippen molar-refractivity contribution in [2.75, 3.05) is 13.1 Å². The van der Waals surface area contributed by atoms with Crippen LogP contribution in [0.4, 0.5) is 13.2 Å². The molecular weight excluding hydrogens is 441 g/mol. The van der Waals surface area contributed by atoms with Gasteiger partial charge in [-0.2, -0.15) is 17.5 Å². The van der Waals surface area contributed by atoms with E-state index >= 15 is 0 Å². The van der Waals surface area contributed by atoms with Gasteiger partial charge in [-0.05, 0) is 43.4 Å². The largest absolute Gasteiger partial charge is 0.417 e. The Morgan fingerprint density at radius 3 is 2.12 bits per heavy atom. The Bertz CT molecular complexity index is 1060. The Kier molecular flexibility index (Phi) is 6.31. The molecule has 0 radical (unpaired) electrons. The lowest BCUT2D eigenvalue weighted by atomic mass is 9.96. The molecule has 0 N–H and O–H groups in total. The van der Waals surface area contributed by atoms with Gasteiger partial charge in [-0.15, -0.1) is 0 Å². The number of rotatable bonds is 6. The molecule has 1 saturated heterocycles. The molecule has 1 amide bonds. The third kappa shape index (κ3) is 4.83. The number of benzene rings is 2. The maximum atomic E-state index is 13.3. The van der Waals surface area contributed by atoms with E-state index < -0.39 is 26.7 Å². The summed E-state index contributed by atoms with van der Waals surface area (Å²) in [5.41, 5.74) is -0.127. The highest BCUT2D eigenvalue weighted by molar-refractivity contribution is 7.89. The zero-order valence-electron chi connectivity index (χ0n) is 17.5. The van der Waals surface area contributed by atoms with Crippen LogP contribution in [0.1, 0.15) is 36.8 Å². The number of hydrogen-bond donors (Lipinski definition) is 0. The van der Waals surface area contributed by atoms with Gasteiger partial charge in [0.1, 0.15) is 0 Å². The summed E-state index contributed by atoms with van der Waals surface area (Å²) in [6, 6.07) is 14.1. The minimum absolute atomic E-state index is 0.00379. The maximum absolute atomic E-state index is 13.3. The Morgan fingerprint density at radius 1 is 0.938 bits per heavy atom. The first-order chi connectivity index (χ1) is 15.2. The van der Waals surface area contributed by atoms with Gasteiger partial charge in [-0.3, -0.25) is 4.79 Å². The first kappa shape index (κ1) is 22.8. The van der Waals surface area contributed by atoms with E-state index in [-0.39, 0.29) is 31.0 Å². The summed E-state index contributed by atoms with van der Waals surface area (Å²) in [6.45, 7) is 0.561. The van der Waals surface area contributed by atoms with Crippen LogP contribution in [0.5, 0.6) is 0 Å². The number of nitrogens with zero attached hydrogens (tertiary/aromatic N) is 2. The van der Waals surface area contributed by atoms with Crippen molar-refractivity contribution in [3.63, 3.8) is 0 Å².